The van der Waals surface area contributed by atoms with Gasteiger partial charge in [-0.1, -0.05) is 42.5 Å². The lowest BCUT2D eigenvalue weighted by Gasteiger charge is -2.13. The Hall–Kier alpha value is -2.82. The van der Waals surface area contributed by atoms with Crippen LogP contribution in [0.5, 0.6) is 0 Å². The average molecular weight is 325 g/mol. The lowest BCUT2D eigenvalue weighted by atomic mass is 10.0. The summed E-state index contributed by atoms with van der Waals surface area (Å²) in [6, 6.07) is 13.8. The van der Waals surface area contributed by atoms with Crippen LogP contribution in [0.25, 0.3) is 11.1 Å². The van der Waals surface area contributed by atoms with Crippen LogP contribution in [-0.2, 0) is 22.6 Å². The van der Waals surface area contributed by atoms with Gasteiger partial charge in [0, 0.05) is 6.04 Å². The third-order valence-corrected chi connectivity index (χ3v) is 4.15. The van der Waals surface area contributed by atoms with Crippen molar-refractivity contribution in [1.29, 1.82) is 0 Å². The first-order valence-electron chi connectivity index (χ1n) is 7.88. The number of amides is 1. The van der Waals surface area contributed by atoms with Gasteiger partial charge in [-0.15, -0.1) is 0 Å². The smallest absolute Gasteiger partial charge is 0.407 e. The maximum Gasteiger partial charge on any atom is 0.407 e. The minimum absolute atomic E-state index is 0.134. The predicted octanol–water partition coefficient (Wildman–Crippen LogP) is 3.35. The van der Waals surface area contributed by atoms with Crippen LogP contribution in [0.1, 0.15) is 30.0 Å². The Balaban J connectivity index is 1.66. The molecule has 2 N–H and O–H groups in total. The summed E-state index contributed by atoms with van der Waals surface area (Å²) in [5.41, 5.74) is 5.86. The summed E-state index contributed by atoms with van der Waals surface area (Å²) in [6.07, 6.45) is 0.101. The molecule has 2 aromatic rings. The second-order valence-electron chi connectivity index (χ2n) is 6.00. The molecule has 0 aliphatic heterocycles. The molecule has 0 fully saturated rings. The largest absolute Gasteiger partial charge is 0.481 e. The Morgan fingerprint density at radius 1 is 1.17 bits per heavy atom. The van der Waals surface area contributed by atoms with Crippen LogP contribution >= 0.6 is 0 Å². The number of aliphatic carboxylic acids is 1. The number of fused-ring (bicyclic) bond motifs is 3. The standard InChI is InChI=1S/C19H19NO4/c1-12(9-18(21)22)20-19(23)24-11-14-6-4-8-16-15-7-3-2-5-13(15)10-17(14)16/h2-8,12H,9-11H2,1H3,(H,20,23)(H,21,22)/t12-/m0/s1. The van der Waals surface area contributed by atoms with Gasteiger partial charge in [-0.3, -0.25) is 4.79 Å². The van der Waals surface area contributed by atoms with Gasteiger partial charge in [0.15, 0.2) is 0 Å². The SMILES string of the molecule is C[C@@H](CC(=O)O)NC(=O)OCc1cccc2c1Cc1ccccc1-2. The monoisotopic (exact) mass is 325 g/mol. The molecular formula is C19H19NO4. The molecule has 1 amide bonds. The van der Waals surface area contributed by atoms with Gasteiger partial charge in [-0.05, 0) is 41.2 Å². The highest BCUT2D eigenvalue weighted by atomic mass is 16.5. The highest BCUT2D eigenvalue weighted by Gasteiger charge is 2.21. The molecule has 0 heterocycles. The number of hydrogen-bond acceptors (Lipinski definition) is 3. The Morgan fingerprint density at radius 2 is 1.92 bits per heavy atom. The number of carboxylic acids is 1. The Labute approximate surface area is 140 Å². The number of nitrogens with one attached hydrogen (secondary N) is 1. The Morgan fingerprint density at radius 3 is 2.71 bits per heavy atom. The van der Waals surface area contributed by atoms with Gasteiger partial charge in [-0.25, -0.2) is 4.79 Å². The van der Waals surface area contributed by atoms with Crippen molar-refractivity contribution in [1.82, 2.24) is 5.32 Å². The number of rotatable bonds is 5. The number of hydrogen-bond donors (Lipinski definition) is 2. The van der Waals surface area contributed by atoms with Gasteiger partial charge < -0.3 is 15.2 Å². The second kappa shape index (κ2) is 6.74. The van der Waals surface area contributed by atoms with Crippen molar-refractivity contribution in [2.24, 2.45) is 0 Å². The Kier molecular flexibility index (Phi) is 4.51. The Bertz CT molecular complexity index is 785. The molecule has 0 saturated heterocycles. The van der Waals surface area contributed by atoms with E-state index in [1.807, 2.05) is 24.3 Å². The third-order valence-electron chi connectivity index (χ3n) is 4.15. The van der Waals surface area contributed by atoms with Crippen LogP contribution in [0.15, 0.2) is 42.5 Å². The van der Waals surface area contributed by atoms with E-state index >= 15 is 0 Å². The number of ether oxygens (including phenoxy) is 1. The molecule has 3 rings (SSSR count). The van der Waals surface area contributed by atoms with Crippen LogP contribution in [0.3, 0.4) is 0 Å². The molecule has 24 heavy (non-hydrogen) atoms. The minimum Gasteiger partial charge on any atom is -0.481 e. The minimum atomic E-state index is -0.957. The van der Waals surface area contributed by atoms with Crippen LogP contribution in [0, 0.1) is 0 Å². The fourth-order valence-electron chi connectivity index (χ4n) is 3.06. The molecule has 0 aromatic heterocycles. The van der Waals surface area contributed by atoms with E-state index in [0.717, 1.165) is 12.0 Å². The average Bonchev–Trinajstić information content (AvgIpc) is 2.91. The van der Waals surface area contributed by atoms with Crippen LogP contribution < -0.4 is 5.32 Å². The van der Waals surface area contributed by atoms with Gasteiger partial charge in [0.1, 0.15) is 6.61 Å². The first-order valence-corrected chi connectivity index (χ1v) is 7.88. The number of alkyl carbamates (subject to hydrolysis) is 1. The highest BCUT2D eigenvalue weighted by molar-refractivity contribution is 5.78. The summed E-state index contributed by atoms with van der Waals surface area (Å²) in [5, 5.41) is 11.2. The number of carbonyl (C=O) groups excluding carboxylic acids is 1. The van der Waals surface area contributed by atoms with E-state index in [-0.39, 0.29) is 13.0 Å². The first kappa shape index (κ1) is 16.1. The van der Waals surface area contributed by atoms with Gasteiger partial charge in [0.25, 0.3) is 0 Å². The molecule has 0 saturated carbocycles. The van der Waals surface area contributed by atoms with E-state index in [2.05, 4.69) is 23.5 Å². The van der Waals surface area contributed by atoms with Crippen molar-refractivity contribution in [3.8, 4) is 11.1 Å². The van der Waals surface area contributed by atoms with Crippen molar-refractivity contribution in [3.63, 3.8) is 0 Å². The molecule has 2 aromatic carbocycles. The summed E-state index contributed by atoms with van der Waals surface area (Å²) in [4.78, 5) is 22.4. The number of carbonyl (C=O) groups is 2. The molecule has 0 unspecified atom stereocenters. The normalized spacial score (nSPS) is 12.9. The van der Waals surface area contributed by atoms with Crippen LogP contribution in [-0.4, -0.2) is 23.2 Å². The third kappa shape index (κ3) is 3.40. The van der Waals surface area contributed by atoms with Gasteiger partial charge in [0.2, 0.25) is 0 Å². The lowest BCUT2D eigenvalue weighted by Crippen LogP contribution is -2.34. The van der Waals surface area contributed by atoms with Crippen molar-refractivity contribution in [3.05, 3.63) is 59.2 Å². The molecule has 0 spiro atoms. The van der Waals surface area contributed by atoms with E-state index in [1.54, 1.807) is 6.92 Å². The van der Waals surface area contributed by atoms with E-state index < -0.39 is 18.1 Å². The topological polar surface area (TPSA) is 75.6 Å². The van der Waals surface area contributed by atoms with Crippen molar-refractivity contribution in [2.75, 3.05) is 0 Å². The molecule has 5 nitrogen and oxygen atoms in total. The zero-order valence-corrected chi connectivity index (χ0v) is 13.4. The molecule has 5 heteroatoms. The van der Waals surface area contributed by atoms with Crippen molar-refractivity contribution < 1.29 is 19.4 Å². The zero-order valence-electron chi connectivity index (χ0n) is 13.4. The quantitative estimate of drug-likeness (QED) is 0.754. The molecule has 0 radical (unpaired) electrons. The maximum absolute atomic E-state index is 11.8. The molecule has 1 aliphatic rings. The van der Waals surface area contributed by atoms with Gasteiger partial charge in [-0.2, -0.15) is 0 Å². The van der Waals surface area contributed by atoms with E-state index in [4.69, 9.17) is 9.84 Å². The van der Waals surface area contributed by atoms with E-state index in [0.29, 0.717) is 0 Å². The van der Waals surface area contributed by atoms with Gasteiger partial charge in [0.05, 0.1) is 6.42 Å². The summed E-state index contributed by atoms with van der Waals surface area (Å²) in [5.74, 6) is -0.957. The lowest BCUT2D eigenvalue weighted by molar-refractivity contribution is -0.137. The maximum atomic E-state index is 11.8. The molecule has 1 aliphatic carbocycles. The highest BCUT2D eigenvalue weighted by Crippen LogP contribution is 2.38. The van der Waals surface area contributed by atoms with E-state index in [1.165, 1.54) is 22.3 Å². The summed E-state index contributed by atoms with van der Waals surface area (Å²) >= 11 is 0. The molecule has 124 valence electrons. The van der Waals surface area contributed by atoms with Crippen LogP contribution in [0.2, 0.25) is 0 Å². The summed E-state index contributed by atoms with van der Waals surface area (Å²) in [7, 11) is 0. The molecular weight excluding hydrogens is 306 g/mol. The molecule has 0 bridgehead atoms. The summed E-state index contributed by atoms with van der Waals surface area (Å²) in [6.45, 7) is 1.80. The van der Waals surface area contributed by atoms with Crippen molar-refractivity contribution >= 4 is 12.1 Å². The number of benzene rings is 2. The van der Waals surface area contributed by atoms with Crippen molar-refractivity contribution in [2.45, 2.75) is 32.4 Å². The zero-order chi connectivity index (χ0) is 17.1. The van der Waals surface area contributed by atoms with E-state index in [9.17, 15) is 9.59 Å². The first-order chi connectivity index (χ1) is 11.5. The summed E-state index contributed by atoms with van der Waals surface area (Å²) < 4.78 is 5.26. The fourth-order valence-corrected chi connectivity index (χ4v) is 3.06. The van der Waals surface area contributed by atoms with Gasteiger partial charge >= 0.3 is 12.1 Å². The second-order valence-corrected chi connectivity index (χ2v) is 6.00. The van der Waals surface area contributed by atoms with Crippen LogP contribution in [0.4, 0.5) is 4.79 Å². The predicted molar refractivity (Wildman–Crippen MR) is 89.7 cm³/mol. The fraction of sp³-hybridized carbons (Fsp3) is 0.263. The number of carboxylic acid groups (broad SMARTS) is 1. The molecule has 1 atom stereocenters.